The molecule has 0 atom stereocenters. The average molecular weight is 835 g/mol. The lowest BCUT2D eigenvalue weighted by molar-refractivity contribution is -0.00500. The maximum Gasteiger partial charge on any atom is 0.503 e. The summed E-state index contributed by atoms with van der Waals surface area (Å²) in [6, 6.07) is 41.9. The van der Waals surface area contributed by atoms with E-state index in [1.165, 1.54) is 72.5 Å². The molecule has 4 saturated carbocycles. The number of para-hydroxylation sites is 1. The smallest absolute Gasteiger partial charge is 0.457 e. The molecule has 318 valence electrons. The van der Waals surface area contributed by atoms with Gasteiger partial charge in [-0.2, -0.15) is 0 Å². The molecule has 5 aliphatic rings. The number of hydrogen-bond donors (Lipinski definition) is 0. The van der Waals surface area contributed by atoms with Gasteiger partial charge in [-0.25, -0.2) is 9.37 Å². The number of halogens is 1. The lowest BCUT2D eigenvalue weighted by Gasteiger charge is -2.56. The normalized spacial score (nSPS) is 21.7. The van der Waals surface area contributed by atoms with Gasteiger partial charge in [0, 0.05) is 58.3 Å². The van der Waals surface area contributed by atoms with Crippen molar-refractivity contribution < 1.29 is 9.13 Å². The van der Waals surface area contributed by atoms with E-state index >= 15 is 0 Å². The summed E-state index contributed by atoms with van der Waals surface area (Å²) in [5.41, 5.74) is 11.9. The van der Waals surface area contributed by atoms with Crippen LogP contribution >= 0.6 is 0 Å². The number of nitrogens with zero attached hydrogens (tertiary/aromatic N) is 4. The zero-order valence-corrected chi connectivity index (χ0v) is 38.1. The van der Waals surface area contributed by atoms with E-state index in [2.05, 4.69) is 148 Å². The molecule has 4 aliphatic carbocycles. The third-order valence-electron chi connectivity index (χ3n) is 14.9. The molecule has 0 unspecified atom stereocenters. The van der Waals surface area contributed by atoms with E-state index in [0.717, 1.165) is 68.2 Å². The van der Waals surface area contributed by atoms with Crippen LogP contribution in [0.2, 0.25) is 0 Å². The Morgan fingerprint density at radius 2 is 1.37 bits per heavy atom. The fraction of sp³-hybridized carbons (Fsp3) is 0.368. The van der Waals surface area contributed by atoms with Gasteiger partial charge >= 0.3 is 11.7 Å². The Balaban J connectivity index is 1.05. The van der Waals surface area contributed by atoms with E-state index in [1.54, 1.807) is 6.07 Å². The zero-order valence-electron chi connectivity index (χ0n) is 38.1. The van der Waals surface area contributed by atoms with Crippen LogP contribution in [0.4, 0.5) is 27.1 Å². The third-order valence-corrected chi connectivity index (χ3v) is 14.9. The standard InChI is InChI=1S/C57H59FN4O/c1-35(2)39-19-20-59-53(24-39)62-50-18-15-42(58)28-48(50)47-17-16-46(30-52(47)62)63-45-12-9-11-43(29-45)60-34-61(44-26-40(55(3,4)5)25-41(27-44)56(6,7)8)54-49(13-10-14-51(54)60)57-31-36-21-37(32-57)23-38(22-36)33-57/h9-20,24-30,35-38H,21-23,31-33H2,1-8H3/q+2. The highest BCUT2D eigenvalue weighted by Crippen LogP contribution is 2.63. The van der Waals surface area contributed by atoms with Crippen LogP contribution in [0.1, 0.15) is 122 Å². The number of aromatic nitrogens is 2. The van der Waals surface area contributed by atoms with Crippen molar-refractivity contribution in [3.05, 3.63) is 143 Å². The predicted molar refractivity (Wildman–Crippen MR) is 257 cm³/mol. The molecule has 4 fully saturated rings. The summed E-state index contributed by atoms with van der Waals surface area (Å²) in [5.74, 6) is 4.79. The topological polar surface area (TPSA) is 33.1 Å². The first kappa shape index (κ1) is 40.0. The first-order valence-electron chi connectivity index (χ1n) is 23.2. The van der Waals surface area contributed by atoms with Crippen molar-refractivity contribution in [1.82, 2.24) is 18.7 Å². The Bertz CT molecular complexity index is 3010. The highest BCUT2D eigenvalue weighted by atomic mass is 19.1. The monoisotopic (exact) mass is 834 g/mol. The Kier molecular flexibility index (Phi) is 9.10. The van der Waals surface area contributed by atoms with Gasteiger partial charge in [-0.1, -0.05) is 79.7 Å². The van der Waals surface area contributed by atoms with Crippen LogP contribution in [0.5, 0.6) is 11.5 Å². The SMILES string of the molecule is CC(C)c1ccnc(-n2c3ccc(F)cc3c3ccc(Oc4cccc([N+]5=C=[N+](c6cc(C(C)(C)C)cc(C(C)(C)C)c6)c6c5cccc6C56CC7CC(CC(C7)C5)C6)c4)cc32)c1. The van der Waals surface area contributed by atoms with Crippen LogP contribution in [0.15, 0.2) is 115 Å². The summed E-state index contributed by atoms with van der Waals surface area (Å²) in [7, 11) is 0. The average Bonchev–Trinajstić information content (AvgIpc) is 3.78. The second-order valence-electron chi connectivity index (χ2n) is 21.8. The number of ether oxygens (including phenoxy) is 1. The number of pyridine rings is 1. The van der Waals surface area contributed by atoms with Crippen molar-refractivity contribution in [1.29, 1.82) is 0 Å². The van der Waals surface area contributed by atoms with Gasteiger partial charge in [-0.05, 0) is 147 Å². The Morgan fingerprint density at radius 1 is 0.683 bits per heavy atom. The number of rotatable bonds is 7. The van der Waals surface area contributed by atoms with Gasteiger partial charge in [0.1, 0.15) is 23.1 Å². The van der Waals surface area contributed by atoms with E-state index in [1.807, 2.05) is 30.5 Å². The van der Waals surface area contributed by atoms with Crippen molar-refractivity contribution in [3.63, 3.8) is 0 Å². The summed E-state index contributed by atoms with van der Waals surface area (Å²) in [6.07, 6.45) is 9.97. The molecule has 0 N–H and O–H groups in total. The quantitative estimate of drug-likeness (QED) is 0.150. The molecule has 6 heteroatoms. The van der Waals surface area contributed by atoms with Crippen LogP contribution in [0.25, 0.3) is 27.6 Å². The van der Waals surface area contributed by atoms with Crippen molar-refractivity contribution in [3.8, 4) is 17.3 Å². The second-order valence-corrected chi connectivity index (χ2v) is 21.8. The molecule has 5 aromatic carbocycles. The largest absolute Gasteiger partial charge is 0.503 e. The van der Waals surface area contributed by atoms with Crippen LogP contribution in [-0.4, -0.2) is 15.6 Å². The van der Waals surface area contributed by atoms with Crippen molar-refractivity contribution in [2.24, 2.45) is 17.8 Å². The Hall–Kier alpha value is -5.84. The molecule has 63 heavy (non-hydrogen) atoms. The zero-order chi connectivity index (χ0) is 43.6. The Labute approximate surface area is 371 Å². The van der Waals surface area contributed by atoms with Gasteiger partial charge < -0.3 is 4.74 Å². The molecular formula is C57H59FN4O+2. The minimum Gasteiger partial charge on any atom is -0.457 e. The lowest BCUT2D eigenvalue weighted by Crippen LogP contribution is -2.48. The summed E-state index contributed by atoms with van der Waals surface area (Å²) in [5, 5.41) is 1.79. The molecule has 2 aromatic heterocycles. The molecule has 4 bridgehead atoms. The minimum atomic E-state index is -0.264. The number of benzene rings is 5. The molecule has 0 amide bonds. The van der Waals surface area contributed by atoms with Crippen molar-refractivity contribution >= 4 is 50.6 Å². The number of hydrogen-bond acceptors (Lipinski definition) is 2. The predicted octanol–water partition coefficient (Wildman–Crippen LogP) is 15.2. The van der Waals surface area contributed by atoms with E-state index in [-0.39, 0.29) is 22.1 Å². The summed E-state index contributed by atoms with van der Waals surface area (Å²) >= 11 is 0. The molecule has 5 nitrogen and oxygen atoms in total. The van der Waals surface area contributed by atoms with Crippen molar-refractivity contribution in [2.75, 3.05) is 0 Å². The van der Waals surface area contributed by atoms with Gasteiger partial charge in [0.2, 0.25) is 11.4 Å². The highest BCUT2D eigenvalue weighted by Gasteiger charge is 2.55. The molecule has 12 rings (SSSR count). The molecule has 0 radical (unpaired) electrons. The van der Waals surface area contributed by atoms with Crippen LogP contribution in [0.3, 0.4) is 0 Å². The summed E-state index contributed by atoms with van der Waals surface area (Å²) in [6.45, 7) is 18.3. The molecule has 3 heterocycles. The maximum atomic E-state index is 14.7. The van der Waals surface area contributed by atoms with Crippen LogP contribution in [0, 0.1) is 23.6 Å². The van der Waals surface area contributed by atoms with Gasteiger partial charge in [-0.3, -0.25) is 4.57 Å². The molecule has 0 saturated heterocycles. The van der Waals surface area contributed by atoms with E-state index in [4.69, 9.17) is 9.72 Å². The first-order chi connectivity index (χ1) is 30.1. The fourth-order valence-corrected chi connectivity index (χ4v) is 12.0. The Morgan fingerprint density at radius 3 is 2.05 bits per heavy atom. The van der Waals surface area contributed by atoms with E-state index in [0.29, 0.717) is 11.7 Å². The second kappa shape index (κ2) is 14.3. The van der Waals surface area contributed by atoms with Gasteiger partial charge in [0.25, 0.3) is 5.69 Å². The highest BCUT2D eigenvalue weighted by molar-refractivity contribution is 6.09. The van der Waals surface area contributed by atoms with Gasteiger partial charge in [-0.15, -0.1) is 0 Å². The van der Waals surface area contributed by atoms with Crippen LogP contribution in [-0.2, 0) is 16.2 Å². The molecule has 0 spiro atoms. The summed E-state index contributed by atoms with van der Waals surface area (Å²) < 4.78 is 28.3. The minimum absolute atomic E-state index is 0.0223. The van der Waals surface area contributed by atoms with Crippen molar-refractivity contribution in [2.45, 2.75) is 116 Å². The molecule has 1 aliphatic heterocycles. The third kappa shape index (κ3) is 6.84. The van der Waals surface area contributed by atoms with E-state index < -0.39 is 0 Å². The van der Waals surface area contributed by atoms with E-state index in [9.17, 15) is 4.39 Å². The maximum absolute atomic E-state index is 14.7. The van der Waals surface area contributed by atoms with Gasteiger partial charge in [0.15, 0.2) is 0 Å². The number of fused-ring (bicyclic) bond motifs is 4. The first-order valence-corrected chi connectivity index (χ1v) is 23.2. The molecular weight excluding hydrogens is 776 g/mol. The van der Waals surface area contributed by atoms with Crippen LogP contribution < -0.4 is 13.9 Å². The fourth-order valence-electron chi connectivity index (χ4n) is 12.0. The molecule has 7 aromatic rings. The lowest BCUT2D eigenvalue weighted by atomic mass is 9.48. The summed E-state index contributed by atoms with van der Waals surface area (Å²) in [4.78, 5) is 4.81. The van der Waals surface area contributed by atoms with Gasteiger partial charge in [0.05, 0.1) is 17.1 Å².